The Hall–Kier alpha value is -3.15. The van der Waals surface area contributed by atoms with Crippen LogP contribution in [0.25, 0.3) is 0 Å². The molecule has 1 atom stereocenters. The molecule has 2 amide bonds. The quantitative estimate of drug-likeness (QED) is 0.687. The van der Waals surface area contributed by atoms with Crippen molar-refractivity contribution in [3.8, 4) is 0 Å². The number of rotatable bonds is 8. The lowest BCUT2D eigenvalue weighted by Gasteiger charge is -2.17. The van der Waals surface area contributed by atoms with E-state index < -0.39 is 5.97 Å². The van der Waals surface area contributed by atoms with Crippen LogP contribution in [0.5, 0.6) is 0 Å². The molecule has 2 aromatic carbocycles. The lowest BCUT2D eigenvalue weighted by molar-refractivity contribution is -0.125. The Morgan fingerprint density at radius 2 is 1.54 bits per heavy atom. The maximum absolute atomic E-state index is 12.4. The van der Waals surface area contributed by atoms with E-state index in [0.717, 1.165) is 5.56 Å². The van der Waals surface area contributed by atoms with Gasteiger partial charge in [0.15, 0.2) is 6.61 Å². The van der Waals surface area contributed by atoms with Crippen molar-refractivity contribution in [2.45, 2.75) is 33.2 Å². The van der Waals surface area contributed by atoms with Gasteiger partial charge in [0.05, 0.1) is 17.7 Å². The lowest BCUT2D eigenvalue weighted by Crippen LogP contribution is -2.38. The van der Waals surface area contributed by atoms with Crippen LogP contribution in [0, 0.1) is 5.92 Å². The molecule has 0 saturated carbocycles. The topological polar surface area (TPSA) is 84.5 Å². The van der Waals surface area contributed by atoms with Crippen molar-refractivity contribution < 1.29 is 19.1 Å². The summed E-state index contributed by atoms with van der Waals surface area (Å²) in [5, 5.41) is 5.51. The van der Waals surface area contributed by atoms with E-state index in [1.165, 1.54) is 0 Å². The van der Waals surface area contributed by atoms with Crippen molar-refractivity contribution in [3.05, 3.63) is 65.7 Å². The molecule has 0 spiro atoms. The average Bonchev–Trinajstić information content (AvgIpc) is 2.67. The number of nitrogens with one attached hydrogen (secondary N) is 2. The van der Waals surface area contributed by atoms with E-state index in [2.05, 4.69) is 10.6 Å². The first-order valence-corrected chi connectivity index (χ1v) is 9.26. The fourth-order valence-electron chi connectivity index (χ4n) is 2.42. The van der Waals surface area contributed by atoms with E-state index in [-0.39, 0.29) is 42.4 Å². The van der Waals surface area contributed by atoms with Crippen LogP contribution >= 0.6 is 0 Å². The SMILES string of the molecule is CC(C)[C@@H](C)NC(=O)COC(=O)c1ccccc1NC(=O)Cc1ccccc1. The van der Waals surface area contributed by atoms with Crippen molar-refractivity contribution in [2.75, 3.05) is 11.9 Å². The summed E-state index contributed by atoms with van der Waals surface area (Å²) in [6.07, 6.45) is 0.194. The van der Waals surface area contributed by atoms with Crippen LogP contribution in [0.3, 0.4) is 0 Å². The molecule has 0 unspecified atom stereocenters. The van der Waals surface area contributed by atoms with E-state index in [0.29, 0.717) is 5.69 Å². The summed E-state index contributed by atoms with van der Waals surface area (Å²) in [6.45, 7) is 5.50. The molecule has 28 heavy (non-hydrogen) atoms. The molecule has 2 aromatic rings. The van der Waals surface area contributed by atoms with E-state index in [4.69, 9.17) is 4.74 Å². The Balaban J connectivity index is 1.95. The Labute approximate surface area is 165 Å². The molecule has 0 aliphatic rings. The molecular formula is C22H26N2O4. The zero-order valence-corrected chi connectivity index (χ0v) is 16.4. The molecule has 2 N–H and O–H groups in total. The van der Waals surface area contributed by atoms with E-state index in [9.17, 15) is 14.4 Å². The largest absolute Gasteiger partial charge is 0.452 e. The first-order valence-electron chi connectivity index (χ1n) is 9.26. The van der Waals surface area contributed by atoms with Gasteiger partial charge in [0.1, 0.15) is 0 Å². The third kappa shape index (κ3) is 6.54. The zero-order chi connectivity index (χ0) is 20.5. The van der Waals surface area contributed by atoms with Crippen molar-refractivity contribution in [1.82, 2.24) is 5.32 Å². The minimum Gasteiger partial charge on any atom is -0.452 e. The van der Waals surface area contributed by atoms with Crippen LogP contribution < -0.4 is 10.6 Å². The smallest absolute Gasteiger partial charge is 0.340 e. The average molecular weight is 382 g/mol. The minimum absolute atomic E-state index is 0.0178. The van der Waals surface area contributed by atoms with E-state index >= 15 is 0 Å². The molecule has 0 aliphatic carbocycles. The summed E-state index contributed by atoms with van der Waals surface area (Å²) >= 11 is 0. The minimum atomic E-state index is -0.664. The van der Waals surface area contributed by atoms with Crippen molar-refractivity contribution in [3.63, 3.8) is 0 Å². The second kappa shape index (κ2) is 10.3. The van der Waals surface area contributed by atoms with Gasteiger partial charge in [0, 0.05) is 6.04 Å². The van der Waals surface area contributed by atoms with Gasteiger partial charge in [-0.05, 0) is 30.5 Å². The summed E-state index contributed by atoms with van der Waals surface area (Å²) in [6, 6.07) is 15.9. The zero-order valence-electron chi connectivity index (χ0n) is 16.4. The summed E-state index contributed by atoms with van der Waals surface area (Å²) in [5.41, 5.74) is 1.43. The molecule has 148 valence electrons. The Morgan fingerprint density at radius 3 is 2.21 bits per heavy atom. The third-order valence-corrected chi connectivity index (χ3v) is 4.35. The normalized spacial score (nSPS) is 11.6. The molecular weight excluding hydrogens is 356 g/mol. The fourth-order valence-corrected chi connectivity index (χ4v) is 2.42. The van der Waals surface area contributed by atoms with Crippen molar-refractivity contribution in [2.24, 2.45) is 5.92 Å². The van der Waals surface area contributed by atoms with Crippen LogP contribution in [0.1, 0.15) is 36.7 Å². The molecule has 0 aliphatic heterocycles. The monoisotopic (exact) mass is 382 g/mol. The van der Waals surface area contributed by atoms with Gasteiger partial charge >= 0.3 is 5.97 Å². The molecule has 2 rings (SSSR count). The summed E-state index contributed by atoms with van der Waals surface area (Å²) in [7, 11) is 0. The third-order valence-electron chi connectivity index (χ3n) is 4.35. The standard InChI is InChI=1S/C22H26N2O4/c1-15(2)16(3)23-21(26)14-28-22(27)18-11-7-8-12-19(18)24-20(25)13-17-9-5-4-6-10-17/h4-12,15-16H,13-14H2,1-3H3,(H,23,26)(H,24,25)/t16-/m1/s1. The number of esters is 1. The molecule has 0 fully saturated rings. The fraction of sp³-hybridized carbons (Fsp3) is 0.318. The van der Waals surface area contributed by atoms with Gasteiger partial charge in [-0.3, -0.25) is 9.59 Å². The second-order valence-corrected chi connectivity index (χ2v) is 6.93. The molecule has 0 aromatic heterocycles. The van der Waals surface area contributed by atoms with Crippen LogP contribution in [-0.2, 0) is 20.7 Å². The first kappa shape index (κ1) is 21.2. The van der Waals surface area contributed by atoms with Gasteiger partial charge in [-0.25, -0.2) is 4.79 Å². The number of hydrogen-bond donors (Lipinski definition) is 2. The van der Waals surface area contributed by atoms with Gasteiger partial charge < -0.3 is 15.4 Å². The molecule has 6 nitrogen and oxygen atoms in total. The highest BCUT2D eigenvalue weighted by atomic mass is 16.5. The van der Waals surface area contributed by atoms with Crippen LogP contribution in [0.4, 0.5) is 5.69 Å². The molecule has 0 bridgehead atoms. The molecule has 0 heterocycles. The number of para-hydroxylation sites is 1. The van der Waals surface area contributed by atoms with Crippen LogP contribution in [-0.4, -0.2) is 30.4 Å². The van der Waals surface area contributed by atoms with Crippen LogP contribution in [0.2, 0.25) is 0 Å². The molecule has 0 radical (unpaired) electrons. The highest BCUT2D eigenvalue weighted by molar-refractivity contribution is 6.02. The highest BCUT2D eigenvalue weighted by Gasteiger charge is 2.17. The summed E-state index contributed by atoms with van der Waals surface area (Å²) in [4.78, 5) is 36.6. The van der Waals surface area contributed by atoms with Gasteiger partial charge in [-0.15, -0.1) is 0 Å². The number of hydrogen-bond acceptors (Lipinski definition) is 4. The number of amides is 2. The number of benzene rings is 2. The predicted molar refractivity (Wildman–Crippen MR) is 108 cm³/mol. The number of anilines is 1. The van der Waals surface area contributed by atoms with Gasteiger partial charge in [0.25, 0.3) is 5.91 Å². The summed E-state index contributed by atoms with van der Waals surface area (Å²) in [5.74, 6) is -0.988. The van der Waals surface area contributed by atoms with Crippen molar-refractivity contribution in [1.29, 1.82) is 0 Å². The lowest BCUT2D eigenvalue weighted by atomic mass is 10.1. The second-order valence-electron chi connectivity index (χ2n) is 6.93. The van der Waals surface area contributed by atoms with Gasteiger partial charge in [0.2, 0.25) is 5.91 Å². The highest BCUT2D eigenvalue weighted by Crippen LogP contribution is 2.17. The van der Waals surface area contributed by atoms with E-state index in [1.807, 2.05) is 51.1 Å². The number of carbonyl (C=O) groups is 3. The van der Waals surface area contributed by atoms with Gasteiger partial charge in [-0.1, -0.05) is 56.3 Å². The maximum Gasteiger partial charge on any atom is 0.340 e. The Kier molecular flexibility index (Phi) is 7.75. The molecule has 6 heteroatoms. The van der Waals surface area contributed by atoms with E-state index in [1.54, 1.807) is 24.3 Å². The Bertz CT molecular complexity index is 818. The number of ether oxygens (including phenoxy) is 1. The first-order chi connectivity index (χ1) is 13.4. The van der Waals surface area contributed by atoms with Crippen molar-refractivity contribution >= 4 is 23.5 Å². The Morgan fingerprint density at radius 1 is 0.893 bits per heavy atom. The summed E-state index contributed by atoms with van der Waals surface area (Å²) < 4.78 is 5.11. The van der Waals surface area contributed by atoms with Gasteiger partial charge in [-0.2, -0.15) is 0 Å². The maximum atomic E-state index is 12.4. The predicted octanol–water partition coefficient (Wildman–Crippen LogP) is 3.19. The number of carbonyl (C=O) groups excluding carboxylic acids is 3. The molecule has 0 saturated heterocycles. The van der Waals surface area contributed by atoms with Crippen LogP contribution in [0.15, 0.2) is 54.6 Å².